The summed E-state index contributed by atoms with van der Waals surface area (Å²) >= 11 is 0. The molecule has 1 spiro atoms. The Morgan fingerprint density at radius 3 is 2.39 bits per heavy atom. The third kappa shape index (κ3) is 4.54. The van der Waals surface area contributed by atoms with Gasteiger partial charge in [0.2, 0.25) is 0 Å². The molecule has 3 aromatic rings. The molecule has 3 aliphatic rings. The largest absolute Gasteiger partial charge is 0.460 e. The predicted octanol–water partition coefficient (Wildman–Crippen LogP) is 5.91. The monoisotopic (exact) mass is 525 g/mol. The van der Waals surface area contributed by atoms with Gasteiger partial charge in [-0.1, -0.05) is 0 Å². The highest BCUT2D eigenvalue weighted by Gasteiger charge is 2.45. The lowest BCUT2D eigenvalue weighted by Gasteiger charge is -2.34. The van der Waals surface area contributed by atoms with Crippen LogP contribution in [0.4, 0.5) is 31.8 Å². The molecule has 1 aliphatic carbocycles. The molecule has 1 aromatic carbocycles. The molecule has 2 aliphatic heterocycles. The van der Waals surface area contributed by atoms with Gasteiger partial charge in [-0.05, 0) is 56.2 Å². The van der Waals surface area contributed by atoms with E-state index in [0.29, 0.717) is 39.0 Å². The van der Waals surface area contributed by atoms with Crippen molar-refractivity contribution >= 4 is 39.9 Å². The lowest BCUT2D eigenvalue weighted by molar-refractivity contribution is -0.385. The zero-order chi connectivity index (χ0) is 26.7. The average molecular weight is 526 g/mol. The van der Waals surface area contributed by atoms with Crippen molar-refractivity contribution in [2.75, 3.05) is 41.3 Å². The SMILES string of the molecule is Cc1cc(C(=O)Nc2cc3ccoc3c(N3CCC(F)(F)CC3)n2)c(N2CCC3(CC2)CC3)cc1[N+](=O)[O-]. The van der Waals surface area contributed by atoms with Crippen LogP contribution in [0.3, 0.4) is 0 Å². The van der Waals surface area contributed by atoms with Gasteiger partial charge >= 0.3 is 0 Å². The van der Waals surface area contributed by atoms with E-state index in [0.717, 1.165) is 25.9 Å². The Labute approximate surface area is 217 Å². The van der Waals surface area contributed by atoms with Crippen molar-refractivity contribution in [1.29, 1.82) is 0 Å². The van der Waals surface area contributed by atoms with Gasteiger partial charge in [-0.3, -0.25) is 14.9 Å². The van der Waals surface area contributed by atoms with E-state index in [1.165, 1.54) is 25.2 Å². The van der Waals surface area contributed by atoms with Crippen molar-refractivity contribution in [2.24, 2.45) is 5.41 Å². The van der Waals surface area contributed by atoms with Gasteiger partial charge in [0.25, 0.3) is 17.5 Å². The van der Waals surface area contributed by atoms with Gasteiger partial charge in [0.1, 0.15) is 5.82 Å². The number of nitro groups is 1. The van der Waals surface area contributed by atoms with Crippen molar-refractivity contribution in [2.45, 2.75) is 51.4 Å². The molecule has 11 heteroatoms. The minimum absolute atomic E-state index is 0.0228. The number of nitro benzene ring substituents is 1. The molecule has 0 atom stereocenters. The van der Waals surface area contributed by atoms with Crippen LogP contribution in [-0.2, 0) is 0 Å². The number of halogens is 2. The van der Waals surface area contributed by atoms with Crippen molar-refractivity contribution < 1.29 is 22.9 Å². The van der Waals surface area contributed by atoms with Crippen molar-refractivity contribution in [3.05, 3.63) is 51.8 Å². The number of benzene rings is 1. The molecule has 0 bridgehead atoms. The highest BCUT2D eigenvalue weighted by molar-refractivity contribution is 6.09. The van der Waals surface area contributed by atoms with Gasteiger partial charge in [0.05, 0.1) is 22.4 Å². The van der Waals surface area contributed by atoms with Crippen molar-refractivity contribution in [3.8, 4) is 0 Å². The van der Waals surface area contributed by atoms with Crippen LogP contribution in [-0.4, -0.2) is 47.9 Å². The maximum Gasteiger partial charge on any atom is 0.274 e. The Morgan fingerprint density at radius 1 is 1.05 bits per heavy atom. The molecule has 4 heterocycles. The van der Waals surface area contributed by atoms with E-state index < -0.39 is 16.8 Å². The Balaban J connectivity index is 1.31. The second-order valence-electron chi connectivity index (χ2n) is 10.9. The standard InChI is InChI=1S/C27H29F2N5O4/c1-17-14-19(21(16-20(17)34(36)37)32-9-5-26(3-4-26)6-10-32)25(35)31-22-15-18-2-13-38-23(18)24(30-22)33-11-7-27(28,29)8-12-33/h2,13-16H,3-12H2,1H3,(H,30,31,35). The molecule has 9 nitrogen and oxygen atoms in total. The Kier molecular flexibility index (Phi) is 5.77. The molecule has 2 saturated heterocycles. The second kappa shape index (κ2) is 8.92. The zero-order valence-electron chi connectivity index (χ0n) is 21.1. The maximum atomic E-state index is 13.8. The number of rotatable bonds is 5. The van der Waals surface area contributed by atoms with Crippen LogP contribution < -0.4 is 15.1 Å². The van der Waals surface area contributed by atoms with E-state index in [4.69, 9.17) is 4.42 Å². The summed E-state index contributed by atoms with van der Waals surface area (Å²) in [7, 11) is 0. The number of hydrogen-bond acceptors (Lipinski definition) is 7. The summed E-state index contributed by atoms with van der Waals surface area (Å²) in [6, 6.07) is 6.47. The van der Waals surface area contributed by atoms with Crippen molar-refractivity contribution in [1.82, 2.24) is 4.98 Å². The van der Waals surface area contributed by atoms with Crippen LogP contribution in [0, 0.1) is 22.5 Å². The van der Waals surface area contributed by atoms with Crippen molar-refractivity contribution in [3.63, 3.8) is 0 Å². The number of carbonyl (C=O) groups excluding carboxylic acids is 1. The number of nitrogens with one attached hydrogen (secondary N) is 1. The average Bonchev–Trinajstić information content (AvgIpc) is 3.45. The molecule has 6 rings (SSSR count). The summed E-state index contributed by atoms with van der Waals surface area (Å²) in [5.74, 6) is -2.48. The van der Waals surface area contributed by atoms with Gasteiger partial charge in [-0.25, -0.2) is 13.8 Å². The number of nitrogens with zero attached hydrogens (tertiary/aromatic N) is 4. The number of pyridine rings is 1. The number of amides is 1. The highest BCUT2D eigenvalue weighted by Crippen LogP contribution is 2.54. The maximum absolute atomic E-state index is 13.8. The summed E-state index contributed by atoms with van der Waals surface area (Å²) in [5.41, 5.74) is 2.14. The van der Waals surface area contributed by atoms with E-state index in [1.54, 1.807) is 30.0 Å². The number of alkyl halides is 2. The summed E-state index contributed by atoms with van der Waals surface area (Å²) in [4.78, 5) is 33.3. The zero-order valence-corrected chi connectivity index (χ0v) is 21.1. The molecule has 200 valence electrons. The number of aryl methyl sites for hydroxylation is 1. The van der Waals surface area contributed by atoms with Crippen LogP contribution in [0.2, 0.25) is 0 Å². The first kappa shape index (κ1) is 24.6. The molecule has 2 aromatic heterocycles. The molecule has 1 amide bonds. The lowest BCUT2D eigenvalue weighted by atomic mass is 9.92. The van der Waals surface area contributed by atoms with Gasteiger partial charge in [-0.2, -0.15) is 0 Å². The summed E-state index contributed by atoms with van der Waals surface area (Å²) < 4.78 is 33.1. The molecule has 0 radical (unpaired) electrons. The minimum atomic E-state index is -2.71. The molecule has 38 heavy (non-hydrogen) atoms. The Bertz CT molecular complexity index is 1410. The molecular formula is C27H29F2N5O4. The first-order valence-electron chi connectivity index (χ1n) is 13.0. The van der Waals surface area contributed by atoms with Crippen LogP contribution >= 0.6 is 0 Å². The fourth-order valence-electron chi connectivity index (χ4n) is 5.69. The fourth-order valence-corrected chi connectivity index (χ4v) is 5.69. The van der Waals surface area contributed by atoms with Crippen LogP contribution in [0.5, 0.6) is 0 Å². The van der Waals surface area contributed by atoms with Gasteiger partial charge < -0.3 is 19.5 Å². The first-order chi connectivity index (χ1) is 18.1. The third-order valence-corrected chi connectivity index (χ3v) is 8.33. The number of aromatic nitrogens is 1. The minimum Gasteiger partial charge on any atom is -0.460 e. The van der Waals surface area contributed by atoms with Gasteiger partial charge in [-0.15, -0.1) is 0 Å². The van der Waals surface area contributed by atoms with E-state index in [9.17, 15) is 23.7 Å². The smallest absolute Gasteiger partial charge is 0.274 e. The quantitative estimate of drug-likeness (QED) is 0.326. The molecule has 1 N–H and O–H groups in total. The number of furan rings is 1. The van der Waals surface area contributed by atoms with Gasteiger partial charge in [0, 0.05) is 56.0 Å². The third-order valence-electron chi connectivity index (χ3n) is 8.33. The lowest BCUT2D eigenvalue weighted by Crippen LogP contribution is -2.39. The molecule has 3 fully saturated rings. The summed E-state index contributed by atoms with van der Waals surface area (Å²) in [6.07, 6.45) is 5.40. The van der Waals surface area contributed by atoms with Crippen LogP contribution in [0.25, 0.3) is 11.0 Å². The van der Waals surface area contributed by atoms with Crippen LogP contribution in [0.1, 0.15) is 54.4 Å². The van der Waals surface area contributed by atoms with E-state index in [2.05, 4.69) is 15.2 Å². The molecular weight excluding hydrogens is 496 g/mol. The van der Waals surface area contributed by atoms with Crippen LogP contribution in [0.15, 0.2) is 34.9 Å². The fraction of sp³-hybridized carbons (Fsp3) is 0.481. The van der Waals surface area contributed by atoms with Gasteiger partial charge in [0.15, 0.2) is 11.4 Å². The summed E-state index contributed by atoms with van der Waals surface area (Å²) in [5, 5.41) is 15.2. The number of piperidine rings is 2. The Morgan fingerprint density at radius 2 is 1.74 bits per heavy atom. The molecule has 1 saturated carbocycles. The van der Waals surface area contributed by atoms with E-state index in [1.807, 2.05) is 0 Å². The predicted molar refractivity (Wildman–Crippen MR) is 139 cm³/mol. The highest BCUT2D eigenvalue weighted by atomic mass is 19.3. The number of anilines is 3. The summed E-state index contributed by atoms with van der Waals surface area (Å²) in [6.45, 7) is 3.34. The normalized spacial score (nSPS) is 20.1. The van der Waals surface area contributed by atoms with E-state index >= 15 is 0 Å². The second-order valence-corrected chi connectivity index (χ2v) is 10.9. The van der Waals surface area contributed by atoms with E-state index in [-0.39, 0.29) is 37.4 Å². The topological polar surface area (TPSA) is 105 Å². The number of fused-ring (bicyclic) bond motifs is 1. The Hall–Kier alpha value is -3.76. The first-order valence-corrected chi connectivity index (χ1v) is 13.0. The number of carbonyl (C=O) groups is 1. The molecule has 0 unspecified atom stereocenters. The number of hydrogen-bond donors (Lipinski definition) is 1.